The standard InChI is InChI=1S/C28H37BrN2O8S2/c1-20-25(29)6-3-7-26(20)41(36,37)31-12-10-27(11-13-31)15-21(17-39-27)30-16-22(33)18-38-23-4-2-5-24(14-23)40(34,35)28(19-32)8-9-28/h2-7,14,21-22,30,32-33H,8-13,15-19H2,1H3. The molecule has 1 spiro atoms. The smallest absolute Gasteiger partial charge is 0.243 e. The summed E-state index contributed by atoms with van der Waals surface area (Å²) in [6.45, 7) is 2.86. The highest BCUT2D eigenvalue weighted by Gasteiger charge is 2.54. The van der Waals surface area contributed by atoms with E-state index < -0.39 is 42.9 Å². The monoisotopic (exact) mass is 672 g/mol. The van der Waals surface area contributed by atoms with Crippen molar-refractivity contribution in [3.8, 4) is 5.75 Å². The minimum Gasteiger partial charge on any atom is -0.491 e. The van der Waals surface area contributed by atoms with E-state index in [4.69, 9.17) is 9.47 Å². The fourth-order valence-electron chi connectivity index (χ4n) is 5.65. The number of piperidine rings is 1. The summed E-state index contributed by atoms with van der Waals surface area (Å²) in [5, 5.41) is 23.4. The minimum atomic E-state index is -3.66. The molecule has 2 heterocycles. The van der Waals surface area contributed by atoms with Crippen LogP contribution in [0.4, 0.5) is 0 Å². The first-order chi connectivity index (χ1) is 19.4. The summed E-state index contributed by atoms with van der Waals surface area (Å²) < 4.78 is 65.3. The number of halogens is 1. The van der Waals surface area contributed by atoms with E-state index in [1.807, 2.05) is 6.07 Å². The Kier molecular flexibility index (Phi) is 8.91. The van der Waals surface area contributed by atoms with Crippen LogP contribution < -0.4 is 10.1 Å². The Morgan fingerprint density at radius 3 is 2.51 bits per heavy atom. The van der Waals surface area contributed by atoms with E-state index in [1.54, 1.807) is 31.2 Å². The summed E-state index contributed by atoms with van der Waals surface area (Å²) in [5.41, 5.74) is 0.305. The number of hydrogen-bond acceptors (Lipinski definition) is 9. The zero-order chi connectivity index (χ0) is 29.5. The molecule has 3 N–H and O–H groups in total. The SMILES string of the molecule is Cc1c(Br)cccc1S(=O)(=O)N1CCC2(CC1)CC(NCC(O)COc1cccc(S(=O)(=O)C3(CO)CC3)c1)CO2. The Morgan fingerprint density at radius 1 is 1.12 bits per heavy atom. The number of sulfone groups is 1. The molecule has 3 aliphatic rings. The minimum absolute atomic E-state index is 0.0156. The molecule has 3 fully saturated rings. The molecule has 13 heteroatoms. The summed E-state index contributed by atoms with van der Waals surface area (Å²) in [6, 6.07) is 11.4. The Balaban J connectivity index is 1.08. The molecular weight excluding hydrogens is 636 g/mol. The Labute approximate surface area is 250 Å². The molecular formula is C28H37BrN2O8S2. The van der Waals surface area contributed by atoms with Gasteiger partial charge < -0.3 is 25.0 Å². The molecule has 1 saturated carbocycles. The predicted molar refractivity (Wildman–Crippen MR) is 156 cm³/mol. The molecule has 0 aromatic heterocycles. The van der Waals surface area contributed by atoms with Crippen LogP contribution in [0.15, 0.2) is 56.7 Å². The third-order valence-corrected chi connectivity index (χ3v) is 14.0. The van der Waals surface area contributed by atoms with Gasteiger partial charge in [0.1, 0.15) is 18.5 Å². The van der Waals surface area contributed by atoms with Gasteiger partial charge in [0, 0.05) is 30.1 Å². The van der Waals surface area contributed by atoms with Crippen LogP contribution in [0.2, 0.25) is 0 Å². The maximum absolute atomic E-state index is 13.3. The van der Waals surface area contributed by atoms with E-state index in [1.165, 1.54) is 16.4 Å². The lowest BCUT2D eigenvalue weighted by Crippen LogP contribution is -2.47. The van der Waals surface area contributed by atoms with Crippen molar-refractivity contribution in [3.63, 3.8) is 0 Å². The molecule has 2 atom stereocenters. The van der Waals surface area contributed by atoms with Crippen molar-refractivity contribution in [2.75, 3.05) is 39.5 Å². The largest absolute Gasteiger partial charge is 0.491 e. The molecule has 2 aromatic rings. The van der Waals surface area contributed by atoms with Crippen molar-refractivity contribution < 1.29 is 36.5 Å². The molecule has 2 aromatic carbocycles. The maximum Gasteiger partial charge on any atom is 0.243 e. The van der Waals surface area contributed by atoms with Crippen LogP contribution in [-0.2, 0) is 24.6 Å². The Hall–Kier alpha value is -1.58. The van der Waals surface area contributed by atoms with Crippen molar-refractivity contribution in [3.05, 3.63) is 52.5 Å². The molecule has 2 saturated heterocycles. The molecule has 41 heavy (non-hydrogen) atoms. The van der Waals surface area contributed by atoms with Crippen LogP contribution in [-0.4, -0.2) is 93.3 Å². The lowest BCUT2D eigenvalue weighted by molar-refractivity contribution is -0.0312. The van der Waals surface area contributed by atoms with Crippen LogP contribution in [0.3, 0.4) is 0 Å². The van der Waals surface area contributed by atoms with Gasteiger partial charge in [-0.05, 0) is 74.9 Å². The van der Waals surface area contributed by atoms with Crippen LogP contribution >= 0.6 is 15.9 Å². The van der Waals surface area contributed by atoms with E-state index in [9.17, 15) is 27.0 Å². The quantitative estimate of drug-likeness (QED) is 0.328. The van der Waals surface area contributed by atoms with Gasteiger partial charge in [-0.3, -0.25) is 0 Å². The molecule has 2 aliphatic heterocycles. The lowest BCUT2D eigenvalue weighted by atomic mass is 9.88. The Bertz CT molecular complexity index is 1470. The van der Waals surface area contributed by atoms with Gasteiger partial charge in [0.2, 0.25) is 10.0 Å². The van der Waals surface area contributed by atoms with Crippen molar-refractivity contribution in [1.29, 1.82) is 0 Å². The van der Waals surface area contributed by atoms with Crippen LogP contribution in [0.5, 0.6) is 5.75 Å². The highest BCUT2D eigenvalue weighted by atomic mass is 79.9. The van der Waals surface area contributed by atoms with E-state index in [-0.39, 0.29) is 24.1 Å². The number of sulfonamides is 1. The number of ether oxygens (including phenoxy) is 2. The number of nitrogens with zero attached hydrogens (tertiary/aromatic N) is 1. The van der Waals surface area contributed by atoms with Gasteiger partial charge in [0.05, 0.1) is 33.4 Å². The molecule has 0 amide bonds. The summed E-state index contributed by atoms with van der Waals surface area (Å²) in [7, 11) is -7.26. The van der Waals surface area contributed by atoms with Gasteiger partial charge in [-0.15, -0.1) is 0 Å². The lowest BCUT2D eigenvalue weighted by Gasteiger charge is -2.38. The van der Waals surface area contributed by atoms with Crippen LogP contribution in [0, 0.1) is 6.92 Å². The molecule has 0 radical (unpaired) electrons. The highest BCUT2D eigenvalue weighted by Crippen LogP contribution is 2.46. The molecule has 1 aliphatic carbocycles. The molecule has 2 unspecified atom stereocenters. The number of rotatable bonds is 11. The van der Waals surface area contributed by atoms with Crippen molar-refractivity contribution in [1.82, 2.24) is 9.62 Å². The van der Waals surface area contributed by atoms with E-state index in [0.29, 0.717) is 61.6 Å². The normalized spacial score (nSPS) is 23.0. The Morgan fingerprint density at radius 2 is 1.83 bits per heavy atom. The molecule has 0 bridgehead atoms. The molecule has 10 nitrogen and oxygen atoms in total. The van der Waals surface area contributed by atoms with Gasteiger partial charge in [-0.1, -0.05) is 28.1 Å². The van der Waals surface area contributed by atoms with E-state index in [2.05, 4.69) is 21.2 Å². The van der Waals surface area contributed by atoms with E-state index >= 15 is 0 Å². The summed E-state index contributed by atoms with van der Waals surface area (Å²) >= 11 is 3.42. The first-order valence-corrected chi connectivity index (χ1v) is 17.5. The summed E-state index contributed by atoms with van der Waals surface area (Å²) in [5.74, 6) is 0.335. The zero-order valence-electron chi connectivity index (χ0n) is 23.0. The van der Waals surface area contributed by atoms with Gasteiger partial charge in [0.15, 0.2) is 9.84 Å². The average molecular weight is 674 g/mol. The zero-order valence-corrected chi connectivity index (χ0v) is 26.2. The summed E-state index contributed by atoms with van der Waals surface area (Å²) in [6.07, 6.45) is 1.96. The fourth-order valence-corrected chi connectivity index (χ4v) is 9.68. The second kappa shape index (κ2) is 11.8. The highest BCUT2D eigenvalue weighted by molar-refractivity contribution is 9.10. The number of aliphatic hydroxyl groups is 2. The fraction of sp³-hybridized carbons (Fsp3) is 0.571. The average Bonchev–Trinajstić information content (AvgIpc) is 3.69. The van der Waals surface area contributed by atoms with Crippen LogP contribution in [0.1, 0.15) is 37.7 Å². The number of benzene rings is 2. The maximum atomic E-state index is 13.3. The first-order valence-electron chi connectivity index (χ1n) is 13.8. The number of aliphatic hydroxyl groups excluding tert-OH is 2. The second-order valence-corrected chi connectivity index (χ2v) is 16.5. The predicted octanol–water partition coefficient (Wildman–Crippen LogP) is 2.40. The first kappa shape index (κ1) is 30.9. The van der Waals surface area contributed by atoms with E-state index in [0.717, 1.165) is 10.9 Å². The third-order valence-electron chi connectivity index (χ3n) is 8.54. The van der Waals surface area contributed by atoms with Gasteiger partial charge in [-0.2, -0.15) is 4.31 Å². The topological polar surface area (TPSA) is 142 Å². The van der Waals surface area contributed by atoms with Gasteiger partial charge >= 0.3 is 0 Å². The summed E-state index contributed by atoms with van der Waals surface area (Å²) in [4.78, 5) is 0.421. The molecule has 5 rings (SSSR count). The van der Waals surface area contributed by atoms with Gasteiger partial charge in [0.25, 0.3) is 0 Å². The van der Waals surface area contributed by atoms with Crippen molar-refractivity contribution >= 4 is 35.8 Å². The van der Waals surface area contributed by atoms with Gasteiger partial charge in [-0.25, -0.2) is 16.8 Å². The number of hydrogen-bond donors (Lipinski definition) is 3. The van der Waals surface area contributed by atoms with Crippen LogP contribution in [0.25, 0.3) is 0 Å². The van der Waals surface area contributed by atoms with Crippen molar-refractivity contribution in [2.24, 2.45) is 0 Å². The number of nitrogens with one attached hydrogen (secondary N) is 1. The molecule has 226 valence electrons. The second-order valence-electron chi connectivity index (χ2n) is 11.4. The van der Waals surface area contributed by atoms with Crippen molar-refractivity contribution in [2.45, 2.75) is 71.3 Å². The third kappa shape index (κ3) is 6.23.